The second-order valence-corrected chi connectivity index (χ2v) is 9.25. The molecule has 2 saturated heterocycles. The molecule has 0 aliphatic carbocycles. The third kappa shape index (κ3) is 3.56. The second-order valence-electron chi connectivity index (χ2n) is 8.37. The molecule has 0 amide bonds. The number of nitrogens with two attached hydrogens (primary N) is 1. The second kappa shape index (κ2) is 7.91. The molecule has 0 bridgehead atoms. The predicted molar refractivity (Wildman–Crippen MR) is 130 cm³/mol. The average molecular weight is 448 g/mol. The van der Waals surface area contributed by atoms with Crippen molar-refractivity contribution in [3.05, 3.63) is 42.6 Å². The van der Waals surface area contributed by atoms with Gasteiger partial charge in [0.2, 0.25) is 0 Å². The fourth-order valence-electron chi connectivity index (χ4n) is 4.58. The Morgan fingerprint density at radius 1 is 0.938 bits per heavy atom. The fraction of sp³-hybridized carbons (Fsp3) is 0.348. The van der Waals surface area contributed by atoms with Crippen LogP contribution in [0.4, 0.5) is 11.8 Å². The third-order valence-electron chi connectivity index (χ3n) is 6.50. The van der Waals surface area contributed by atoms with Crippen molar-refractivity contribution in [2.45, 2.75) is 6.04 Å². The molecule has 4 aromatic rings. The van der Waals surface area contributed by atoms with Crippen LogP contribution < -0.4 is 10.6 Å². The highest BCUT2D eigenvalue weighted by Crippen LogP contribution is 2.29. The highest BCUT2D eigenvalue weighted by atomic mass is 32.2. The molecule has 2 aliphatic heterocycles. The molecule has 32 heavy (non-hydrogen) atoms. The Bertz CT molecular complexity index is 1280. The molecule has 0 unspecified atom stereocenters. The number of oxazole rings is 1. The number of nitrogens with zero attached hydrogens (tertiary/aromatic N) is 6. The van der Waals surface area contributed by atoms with Crippen LogP contribution in [-0.4, -0.2) is 75.7 Å². The van der Waals surface area contributed by atoms with Crippen molar-refractivity contribution in [2.75, 3.05) is 56.2 Å². The topological polar surface area (TPSA) is 87.5 Å². The van der Waals surface area contributed by atoms with E-state index in [4.69, 9.17) is 15.1 Å². The largest absolute Gasteiger partial charge is 0.424 e. The molecule has 0 spiro atoms. The molecule has 2 aromatic carbocycles. The summed E-state index contributed by atoms with van der Waals surface area (Å²) in [5.74, 6) is 0.952. The van der Waals surface area contributed by atoms with E-state index in [9.17, 15) is 0 Å². The first kappa shape index (κ1) is 19.8. The number of benzene rings is 2. The lowest BCUT2D eigenvalue weighted by molar-refractivity contribution is 0.121. The maximum Gasteiger partial charge on any atom is 0.292 e. The minimum atomic E-state index is 0.185. The van der Waals surface area contributed by atoms with Crippen LogP contribution in [0, 0.1) is 0 Å². The zero-order valence-corrected chi connectivity index (χ0v) is 18.8. The smallest absolute Gasteiger partial charge is 0.292 e. The van der Waals surface area contributed by atoms with Gasteiger partial charge in [-0.1, -0.05) is 24.1 Å². The molecule has 164 valence electrons. The molecule has 8 nitrogen and oxygen atoms in total. The fourth-order valence-corrected chi connectivity index (χ4v) is 5.11. The summed E-state index contributed by atoms with van der Waals surface area (Å²) in [5.41, 5.74) is 11.0. The highest BCUT2D eigenvalue weighted by Gasteiger charge is 2.34. The summed E-state index contributed by atoms with van der Waals surface area (Å²) < 4.78 is 7.82. The van der Waals surface area contributed by atoms with Crippen LogP contribution in [0.5, 0.6) is 0 Å². The summed E-state index contributed by atoms with van der Waals surface area (Å²) in [4.78, 5) is 18.8. The summed E-state index contributed by atoms with van der Waals surface area (Å²) in [6.07, 6.45) is 4.06. The van der Waals surface area contributed by atoms with Gasteiger partial charge in [0, 0.05) is 45.3 Å². The Morgan fingerprint density at radius 2 is 1.69 bits per heavy atom. The van der Waals surface area contributed by atoms with Crippen molar-refractivity contribution in [2.24, 2.45) is 0 Å². The van der Waals surface area contributed by atoms with Gasteiger partial charge in [0.1, 0.15) is 11.3 Å². The van der Waals surface area contributed by atoms with Gasteiger partial charge in [-0.05, 0) is 41.6 Å². The normalized spacial score (nSPS) is 18.5. The lowest BCUT2D eigenvalue weighted by Gasteiger charge is -2.48. The van der Waals surface area contributed by atoms with Gasteiger partial charge in [-0.2, -0.15) is 4.98 Å². The number of rotatable bonds is 4. The van der Waals surface area contributed by atoms with Gasteiger partial charge in [-0.15, -0.1) is 0 Å². The summed E-state index contributed by atoms with van der Waals surface area (Å²) in [7, 11) is 0. The van der Waals surface area contributed by atoms with E-state index in [0.29, 0.717) is 11.6 Å². The Morgan fingerprint density at radius 3 is 2.47 bits per heavy atom. The van der Waals surface area contributed by atoms with Crippen LogP contribution in [-0.2, 0) is 0 Å². The van der Waals surface area contributed by atoms with Crippen molar-refractivity contribution in [3.63, 3.8) is 0 Å². The molecule has 2 N–H and O–H groups in total. The van der Waals surface area contributed by atoms with Crippen LogP contribution in [0.2, 0.25) is 0 Å². The summed E-state index contributed by atoms with van der Waals surface area (Å²) in [6, 6.07) is 12.9. The van der Waals surface area contributed by atoms with Gasteiger partial charge in [-0.3, -0.25) is 9.88 Å². The third-order valence-corrected chi connectivity index (χ3v) is 7.38. The first-order valence-corrected chi connectivity index (χ1v) is 12.1. The molecule has 6 rings (SSSR count). The van der Waals surface area contributed by atoms with E-state index in [1.165, 1.54) is 0 Å². The molecule has 2 aliphatic rings. The maximum absolute atomic E-state index is 5.68. The molecule has 0 saturated carbocycles. The van der Waals surface area contributed by atoms with E-state index in [1.807, 2.05) is 42.4 Å². The molecule has 2 fully saturated rings. The first-order valence-electron chi connectivity index (χ1n) is 10.9. The van der Waals surface area contributed by atoms with Gasteiger partial charge < -0.3 is 15.1 Å². The molecule has 2 aromatic heterocycles. The van der Waals surface area contributed by atoms with Crippen molar-refractivity contribution in [1.29, 1.82) is 0 Å². The number of fused-ring (bicyclic) bond motifs is 2. The van der Waals surface area contributed by atoms with Gasteiger partial charge in [0.25, 0.3) is 6.01 Å². The quantitative estimate of drug-likeness (QED) is 0.474. The van der Waals surface area contributed by atoms with Gasteiger partial charge in [0.05, 0.1) is 17.2 Å². The van der Waals surface area contributed by atoms with Crippen LogP contribution in [0.25, 0.3) is 33.3 Å². The van der Waals surface area contributed by atoms with E-state index in [-0.39, 0.29) is 6.01 Å². The number of nitrogen functional groups attached to an aromatic ring is 1. The van der Waals surface area contributed by atoms with E-state index in [0.717, 1.165) is 72.8 Å². The molecular formula is C23H25N7OS. The SMILES string of the molecule is CSN1CCN(C2CN(c3cnc4ccc(-c5ccc6oc(N)nc6c5)cc4n3)C2)CC1. The zero-order chi connectivity index (χ0) is 21.7. The molecule has 4 heterocycles. The summed E-state index contributed by atoms with van der Waals surface area (Å²) >= 11 is 1.85. The van der Waals surface area contributed by atoms with Crippen LogP contribution in [0.15, 0.2) is 47.0 Å². The van der Waals surface area contributed by atoms with Gasteiger partial charge >= 0.3 is 0 Å². The maximum atomic E-state index is 5.68. The minimum Gasteiger partial charge on any atom is -0.424 e. The van der Waals surface area contributed by atoms with Gasteiger partial charge in [-0.25, -0.2) is 9.29 Å². The number of hydrogen-bond acceptors (Lipinski definition) is 9. The Labute approximate surface area is 190 Å². The van der Waals surface area contributed by atoms with Crippen LogP contribution in [0.3, 0.4) is 0 Å². The average Bonchev–Trinajstić information content (AvgIpc) is 3.17. The molecule has 9 heteroatoms. The van der Waals surface area contributed by atoms with Crippen molar-refractivity contribution in [1.82, 2.24) is 24.2 Å². The van der Waals surface area contributed by atoms with Gasteiger partial charge in [0.15, 0.2) is 5.58 Å². The molecular weight excluding hydrogens is 422 g/mol. The Balaban J connectivity index is 1.20. The zero-order valence-electron chi connectivity index (χ0n) is 17.9. The minimum absolute atomic E-state index is 0.185. The van der Waals surface area contributed by atoms with Crippen molar-refractivity contribution in [3.8, 4) is 11.1 Å². The Kier molecular flexibility index (Phi) is 4.89. The van der Waals surface area contributed by atoms with Crippen LogP contribution >= 0.6 is 11.9 Å². The van der Waals surface area contributed by atoms with E-state index >= 15 is 0 Å². The lowest BCUT2D eigenvalue weighted by atomic mass is 10.0. The van der Waals surface area contributed by atoms with E-state index in [1.54, 1.807) is 0 Å². The summed E-state index contributed by atoms with van der Waals surface area (Å²) in [5, 5.41) is 0. The number of aromatic nitrogens is 3. The molecule has 0 atom stereocenters. The monoisotopic (exact) mass is 447 g/mol. The van der Waals surface area contributed by atoms with E-state index in [2.05, 4.69) is 42.5 Å². The van der Waals surface area contributed by atoms with Crippen LogP contribution in [0.1, 0.15) is 0 Å². The van der Waals surface area contributed by atoms with Crippen molar-refractivity contribution >= 4 is 45.9 Å². The Hall–Kier alpha value is -2.88. The van der Waals surface area contributed by atoms with E-state index < -0.39 is 0 Å². The first-order chi connectivity index (χ1) is 15.7. The standard InChI is InChI=1S/C23H25N7OS/c1-32-30-8-6-28(7-9-30)17-13-29(14-17)22-12-25-18-4-2-15(10-19(18)26-22)16-3-5-21-20(11-16)27-23(24)31-21/h2-5,10-12,17H,6-9,13-14H2,1H3,(H2,24,27). The van der Waals surface area contributed by atoms with Crippen molar-refractivity contribution < 1.29 is 4.42 Å². The summed E-state index contributed by atoms with van der Waals surface area (Å²) in [6.45, 7) is 6.61. The number of hydrogen-bond donors (Lipinski definition) is 1. The lowest BCUT2D eigenvalue weighted by Crippen LogP contribution is -2.62. The predicted octanol–water partition coefficient (Wildman–Crippen LogP) is 3.10. The number of piperazine rings is 1. The number of anilines is 2. The highest BCUT2D eigenvalue weighted by molar-refractivity contribution is 7.96. The molecule has 0 radical (unpaired) electrons.